The molecular formula is C40H44F5N3O4. The second-order valence-electron chi connectivity index (χ2n) is 14.4. The fourth-order valence-electron chi connectivity index (χ4n) is 7.47. The highest BCUT2D eigenvalue weighted by molar-refractivity contribution is 5.82. The van der Waals surface area contributed by atoms with E-state index in [-0.39, 0.29) is 29.0 Å². The van der Waals surface area contributed by atoms with Gasteiger partial charge in [0.05, 0.1) is 23.6 Å². The molecule has 0 bridgehead atoms. The molecule has 278 valence electrons. The van der Waals surface area contributed by atoms with Gasteiger partial charge in [0, 0.05) is 29.4 Å². The van der Waals surface area contributed by atoms with Gasteiger partial charge in [-0.25, -0.2) is 8.78 Å². The lowest BCUT2D eigenvalue weighted by Crippen LogP contribution is -2.41. The summed E-state index contributed by atoms with van der Waals surface area (Å²) in [5, 5.41) is 12.4. The Kier molecular flexibility index (Phi) is 11.6. The average molecular weight is 726 g/mol. The summed E-state index contributed by atoms with van der Waals surface area (Å²) in [6.07, 6.45) is -1.66. The van der Waals surface area contributed by atoms with Gasteiger partial charge in [0.25, 0.3) is 5.56 Å². The highest BCUT2D eigenvalue weighted by atomic mass is 19.4. The molecule has 2 heterocycles. The van der Waals surface area contributed by atoms with Crippen LogP contribution in [0, 0.1) is 43.2 Å². The molecule has 3 aromatic rings. The molecule has 52 heavy (non-hydrogen) atoms. The zero-order valence-corrected chi connectivity index (χ0v) is 30.0. The first-order chi connectivity index (χ1) is 24.5. The Bertz CT molecular complexity index is 1940. The molecule has 1 amide bonds. The zero-order valence-electron chi connectivity index (χ0n) is 30.0. The van der Waals surface area contributed by atoms with Gasteiger partial charge >= 0.3 is 12.1 Å². The number of hydrogen-bond donors (Lipinski definition) is 2. The number of likely N-dealkylation sites (tertiary alicyclic amines) is 1. The molecule has 0 spiro atoms. The standard InChI is InChI=1S/C40H44F5N3O4/c1-6-8-26-18-28(35-23(4)9-7-10-24(35)5)38(42)36(37(26)41)31(20-34(50)51)46-39(52)32(17-22(2)3)48-21-29(30(19-33(48)49)40(43,44)45)25-13-15-47(16-14-25)27-11-12-27/h7,9-10,18-19,21-22,25,27,31-32H,11-17,20H2,1-5H3,(H,46,52)(H,50,51)/t31-,32+/m1/s1. The molecule has 2 atom stereocenters. The highest BCUT2D eigenvalue weighted by Crippen LogP contribution is 2.41. The monoisotopic (exact) mass is 725 g/mol. The van der Waals surface area contributed by atoms with E-state index >= 15 is 8.78 Å². The van der Waals surface area contributed by atoms with E-state index in [0.717, 1.165) is 23.6 Å². The Morgan fingerprint density at radius 2 is 1.65 bits per heavy atom. The van der Waals surface area contributed by atoms with Gasteiger partial charge in [0.1, 0.15) is 17.7 Å². The van der Waals surface area contributed by atoms with Gasteiger partial charge in [-0.15, -0.1) is 5.92 Å². The smallest absolute Gasteiger partial charge is 0.416 e. The maximum absolute atomic E-state index is 16.6. The van der Waals surface area contributed by atoms with Gasteiger partial charge in [-0.05, 0) is 106 Å². The summed E-state index contributed by atoms with van der Waals surface area (Å²) in [7, 11) is 0. The number of carbonyl (C=O) groups is 2. The SMILES string of the molecule is CC#Cc1cc(-c2c(C)cccc2C)c(F)c([C@@H](CC(=O)O)NC(=O)[C@H](CC(C)C)n2cc(C3CCN(C4CC4)CC3)c(C(F)(F)F)cc2=O)c1F. The van der Waals surface area contributed by atoms with Gasteiger partial charge in [0.2, 0.25) is 5.91 Å². The lowest BCUT2D eigenvalue weighted by molar-refractivity contribution is -0.139. The van der Waals surface area contributed by atoms with Crippen LogP contribution >= 0.6 is 0 Å². The van der Waals surface area contributed by atoms with E-state index in [1.807, 2.05) is 0 Å². The van der Waals surface area contributed by atoms with Gasteiger partial charge in [-0.1, -0.05) is 38.0 Å². The summed E-state index contributed by atoms with van der Waals surface area (Å²) >= 11 is 0. The zero-order chi connectivity index (χ0) is 38.1. The predicted molar refractivity (Wildman–Crippen MR) is 188 cm³/mol. The van der Waals surface area contributed by atoms with Crippen LogP contribution in [-0.4, -0.2) is 45.6 Å². The molecule has 2 aliphatic rings. The van der Waals surface area contributed by atoms with Crippen molar-refractivity contribution >= 4 is 11.9 Å². The van der Waals surface area contributed by atoms with Crippen molar-refractivity contribution in [3.8, 4) is 23.0 Å². The van der Waals surface area contributed by atoms with E-state index < -0.39 is 70.8 Å². The maximum Gasteiger partial charge on any atom is 0.416 e. The number of pyridine rings is 1. The fourth-order valence-corrected chi connectivity index (χ4v) is 7.47. The normalized spacial score (nSPS) is 16.7. The van der Waals surface area contributed by atoms with Crippen LogP contribution in [-0.2, 0) is 15.8 Å². The summed E-state index contributed by atoms with van der Waals surface area (Å²) in [5.41, 5.74) is -1.41. The molecule has 7 nitrogen and oxygen atoms in total. The number of rotatable bonds is 11. The molecule has 1 aromatic heterocycles. The van der Waals surface area contributed by atoms with Crippen LogP contribution in [0.15, 0.2) is 41.3 Å². The lowest BCUT2D eigenvalue weighted by atomic mass is 9.87. The average Bonchev–Trinajstić information content (AvgIpc) is 3.91. The van der Waals surface area contributed by atoms with Crippen LogP contribution in [0.25, 0.3) is 11.1 Å². The molecule has 0 radical (unpaired) electrons. The third-order valence-corrected chi connectivity index (χ3v) is 10.1. The van der Waals surface area contributed by atoms with Gasteiger partial charge in [-0.2, -0.15) is 13.2 Å². The predicted octanol–water partition coefficient (Wildman–Crippen LogP) is 8.06. The largest absolute Gasteiger partial charge is 0.481 e. The van der Waals surface area contributed by atoms with Crippen molar-refractivity contribution in [2.24, 2.45) is 5.92 Å². The quantitative estimate of drug-likeness (QED) is 0.154. The number of carboxylic acid groups (broad SMARTS) is 1. The van der Waals surface area contributed by atoms with Crippen LogP contribution in [0.3, 0.4) is 0 Å². The van der Waals surface area contributed by atoms with Crippen LogP contribution in [0.1, 0.15) is 111 Å². The third kappa shape index (κ3) is 8.41. The molecule has 2 aromatic carbocycles. The van der Waals surface area contributed by atoms with Gasteiger partial charge in [-0.3, -0.25) is 14.4 Å². The molecule has 1 aliphatic carbocycles. The minimum Gasteiger partial charge on any atom is -0.481 e. The molecular weight excluding hydrogens is 681 g/mol. The number of aromatic nitrogens is 1. The molecule has 12 heteroatoms. The van der Waals surface area contributed by atoms with Crippen molar-refractivity contribution in [2.45, 2.75) is 103 Å². The number of nitrogens with zero attached hydrogens (tertiary/aromatic N) is 2. The summed E-state index contributed by atoms with van der Waals surface area (Å²) in [6.45, 7) is 9.68. The molecule has 2 fully saturated rings. The second-order valence-corrected chi connectivity index (χ2v) is 14.4. The van der Waals surface area contributed by atoms with E-state index in [1.165, 1.54) is 13.0 Å². The van der Waals surface area contributed by atoms with Crippen molar-refractivity contribution in [1.82, 2.24) is 14.8 Å². The lowest BCUT2D eigenvalue weighted by Gasteiger charge is -2.34. The second kappa shape index (κ2) is 15.6. The maximum atomic E-state index is 16.6. The number of amides is 1. The number of benzene rings is 2. The van der Waals surface area contributed by atoms with Gasteiger partial charge in [0.15, 0.2) is 0 Å². The van der Waals surface area contributed by atoms with E-state index in [9.17, 15) is 32.7 Å². The number of carboxylic acids is 1. The topological polar surface area (TPSA) is 91.6 Å². The third-order valence-electron chi connectivity index (χ3n) is 10.1. The van der Waals surface area contributed by atoms with Crippen molar-refractivity contribution in [1.29, 1.82) is 0 Å². The Balaban J connectivity index is 1.60. The Hall–Kier alpha value is -4.50. The fraction of sp³-hybridized carbons (Fsp3) is 0.475. The number of aryl methyl sites for hydroxylation is 2. The minimum absolute atomic E-state index is 0.0313. The molecule has 1 saturated heterocycles. The molecule has 1 saturated carbocycles. The van der Waals surface area contributed by atoms with Crippen molar-refractivity contribution in [3.05, 3.63) is 91.9 Å². The number of nitrogens with one attached hydrogen (secondary N) is 1. The highest BCUT2D eigenvalue weighted by Gasteiger charge is 2.40. The number of piperidine rings is 1. The first-order valence-electron chi connectivity index (χ1n) is 17.6. The van der Waals surface area contributed by atoms with Crippen molar-refractivity contribution in [2.75, 3.05) is 13.1 Å². The summed E-state index contributed by atoms with van der Waals surface area (Å²) in [5.74, 6) is -0.260. The number of hydrogen-bond acceptors (Lipinski definition) is 4. The Morgan fingerprint density at radius 1 is 1.02 bits per heavy atom. The Labute approximate surface area is 300 Å². The molecule has 1 aliphatic heterocycles. The van der Waals surface area contributed by atoms with Crippen molar-refractivity contribution < 1.29 is 36.6 Å². The molecule has 5 rings (SSSR count). The minimum atomic E-state index is -4.82. The van der Waals surface area contributed by atoms with E-state index in [4.69, 9.17) is 0 Å². The van der Waals surface area contributed by atoms with Crippen LogP contribution in [0.4, 0.5) is 22.0 Å². The summed E-state index contributed by atoms with van der Waals surface area (Å²) < 4.78 is 76.9. The number of carbonyl (C=O) groups excluding carboxylic acids is 1. The first kappa shape index (κ1) is 38.7. The summed E-state index contributed by atoms with van der Waals surface area (Å²) in [4.78, 5) is 42.1. The molecule has 0 unspecified atom stereocenters. The first-order valence-corrected chi connectivity index (χ1v) is 17.6. The van der Waals surface area contributed by atoms with Crippen LogP contribution < -0.4 is 10.9 Å². The summed E-state index contributed by atoms with van der Waals surface area (Å²) in [6, 6.07) is 4.30. The van der Waals surface area contributed by atoms with E-state index in [2.05, 4.69) is 22.1 Å². The number of aliphatic carboxylic acids is 1. The molecule has 2 N–H and O–H groups in total. The number of halogens is 5. The van der Waals surface area contributed by atoms with Crippen LogP contribution in [0.2, 0.25) is 0 Å². The van der Waals surface area contributed by atoms with E-state index in [1.54, 1.807) is 45.9 Å². The Morgan fingerprint density at radius 3 is 2.19 bits per heavy atom. The van der Waals surface area contributed by atoms with Crippen molar-refractivity contribution in [3.63, 3.8) is 0 Å². The van der Waals surface area contributed by atoms with Crippen LogP contribution in [0.5, 0.6) is 0 Å². The van der Waals surface area contributed by atoms with E-state index in [0.29, 0.717) is 54.7 Å². The number of alkyl halides is 3. The van der Waals surface area contributed by atoms with Gasteiger partial charge < -0.3 is 19.9 Å².